The fraction of sp³-hybridized carbons (Fsp3) is 0.692. The first-order chi connectivity index (χ1) is 15.5. The second-order valence-electron chi connectivity index (χ2n) is 9.24. The van der Waals surface area contributed by atoms with Crippen LogP contribution >= 0.6 is 0 Å². The first-order valence-electron chi connectivity index (χ1n) is 12.5. The van der Waals surface area contributed by atoms with Gasteiger partial charge in [0.2, 0.25) is 0 Å². The van der Waals surface area contributed by atoms with Crippen molar-refractivity contribution in [2.75, 3.05) is 0 Å². The third-order valence-corrected chi connectivity index (χ3v) is 6.65. The number of carbonyl (C=O) groups is 2. The first-order valence-corrected chi connectivity index (χ1v) is 12.5. The van der Waals surface area contributed by atoms with E-state index >= 15 is 0 Å². The number of alkyl carbamates (subject to hydrolysis) is 1. The van der Waals surface area contributed by atoms with E-state index in [1.165, 1.54) is 64.2 Å². The summed E-state index contributed by atoms with van der Waals surface area (Å²) >= 11 is 0. The highest BCUT2D eigenvalue weighted by atomic mass is 16.5. The highest BCUT2D eigenvalue weighted by molar-refractivity contribution is 5.80. The maximum Gasteiger partial charge on any atom is 0.408 e. The molecule has 3 rings (SSSR count). The lowest BCUT2D eigenvalue weighted by molar-refractivity contribution is -0.140. The molecule has 1 aromatic rings. The van der Waals surface area contributed by atoms with Crippen LogP contribution in [-0.2, 0) is 16.1 Å². The smallest absolute Gasteiger partial charge is 0.408 e. The molecule has 2 aliphatic carbocycles. The molecular weight excluding hydrogens is 404 g/mol. The van der Waals surface area contributed by atoms with Gasteiger partial charge in [-0.3, -0.25) is 0 Å². The minimum atomic E-state index is -1.05. The quantitative estimate of drug-likeness (QED) is 0.480. The zero-order valence-electron chi connectivity index (χ0n) is 19.9. The summed E-state index contributed by atoms with van der Waals surface area (Å²) in [5.41, 5.74) is 0.855. The Balaban J connectivity index is 0.000000242. The van der Waals surface area contributed by atoms with Crippen LogP contribution in [0.5, 0.6) is 0 Å². The first kappa shape index (κ1) is 26.2. The number of hydrogen-bond donors (Lipinski definition) is 3. The van der Waals surface area contributed by atoms with Gasteiger partial charge in [-0.1, -0.05) is 89.1 Å². The van der Waals surface area contributed by atoms with E-state index in [4.69, 9.17) is 9.84 Å². The zero-order chi connectivity index (χ0) is 23.2. The Kier molecular flexibility index (Phi) is 12.2. The molecule has 0 unspecified atom stereocenters. The molecule has 6 nitrogen and oxygen atoms in total. The fourth-order valence-corrected chi connectivity index (χ4v) is 4.45. The highest BCUT2D eigenvalue weighted by Crippen LogP contribution is 2.22. The summed E-state index contributed by atoms with van der Waals surface area (Å²) in [6.07, 6.45) is 14.5. The number of carbonyl (C=O) groups excluding carboxylic acids is 1. The number of carboxylic acid groups (broad SMARTS) is 1. The summed E-state index contributed by atoms with van der Waals surface area (Å²) in [4.78, 5) is 22.6. The molecule has 3 N–H and O–H groups in total. The Bertz CT molecular complexity index is 639. The fourth-order valence-electron chi connectivity index (χ4n) is 4.45. The van der Waals surface area contributed by atoms with E-state index in [0.717, 1.165) is 17.6 Å². The largest absolute Gasteiger partial charge is 0.480 e. The van der Waals surface area contributed by atoms with Crippen molar-refractivity contribution in [2.45, 2.75) is 109 Å². The van der Waals surface area contributed by atoms with Crippen molar-refractivity contribution < 1.29 is 19.4 Å². The van der Waals surface area contributed by atoms with E-state index in [1.807, 2.05) is 37.3 Å². The molecule has 0 aromatic heterocycles. The van der Waals surface area contributed by atoms with Gasteiger partial charge in [-0.15, -0.1) is 0 Å². The minimum absolute atomic E-state index is 0.125. The molecule has 2 fully saturated rings. The van der Waals surface area contributed by atoms with Crippen molar-refractivity contribution in [1.29, 1.82) is 0 Å². The van der Waals surface area contributed by atoms with Crippen LogP contribution in [0.4, 0.5) is 4.79 Å². The van der Waals surface area contributed by atoms with Gasteiger partial charge < -0.3 is 20.5 Å². The van der Waals surface area contributed by atoms with E-state index in [1.54, 1.807) is 6.92 Å². The van der Waals surface area contributed by atoms with Crippen molar-refractivity contribution in [3.05, 3.63) is 35.9 Å². The number of rotatable bonds is 8. The monoisotopic (exact) mass is 446 g/mol. The van der Waals surface area contributed by atoms with Gasteiger partial charge in [0.25, 0.3) is 0 Å². The van der Waals surface area contributed by atoms with Gasteiger partial charge in [0.1, 0.15) is 12.6 Å². The minimum Gasteiger partial charge on any atom is -0.480 e. The van der Waals surface area contributed by atoms with Gasteiger partial charge in [0.15, 0.2) is 0 Å². The Hall–Kier alpha value is -2.08. The zero-order valence-corrected chi connectivity index (χ0v) is 19.9. The van der Waals surface area contributed by atoms with Gasteiger partial charge in [-0.25, -0.2) is 9.59 Å². The standard InChI is InChI=1S/C14H19NO4.C12H23N/c1-3-10(2)12(13(16)17)15-14(18)19-9-11-7-5-4-6-8-11;1-3-7-11(8-4-1)13-12-9-5-2-6-10-12/h4-8,10,12H,3,9H2,1-2H3,(H,15,18)(H,16,17);11-13H,1-10H2/t10-,12-;/m0./s1. The number of nitrogens with one attached hydrogen (secondary N) is 2. The molecule has 0 aliphatic heterocycles. The molecule has 32 heavy (non-hydrogen) atoms. The summed E-state index contributed by atoms with van der Waals surface area (Å²) < 4.78 is 4.99. The molecule has 180 valence electrons. The number of benzene rings is 1. The average molecular weight is 447 g/mol. The van der Waals surface area contributed by atoms with Gasteiger partial charge >= 0.3 is 12.1 Å². The van der Waals surface area contributed by atoms with E-state index in [-0.39, 0.29) is 12.5 Å². The molecule has 0 bridgehead atoms. The van der Waals surface area contributed by atoms with Gasteiger partial charge in [0, 0.05) is 12.1 Å². The maximum atomic E-state index is 11.6. The van der Waals surface area contributed by atoms with E-state index in [9.17, 15) is 9.59 Å². The molecular formula is C26H42N2O4. The Morgan fingerprint density at radius 3 is 1.97 bits per heavy atom. The summed E-state index contributed by atoms with van der Waals surface area (Å²) in [5.74, 6) is -1.20. The second-order valence-corrected chi connectivity index (χ2v) is 9.24. The van der Waals surface area contributed by atoms with Crippen LogP contribution < -0.4 is 10.6 Å². The molecule has 0 spiro atoms. The SMILES string of the molecule is C1CCC(NC2CCCCC2)CC1.CC[C@H](C)[C@H](NC(=O)OCc1ccccc1)C(=O)O. The molecule has 2 saturated carbocycles. The summed E-state index contributed by atoms with van der Waals surface area (Å²) in [5, 5.41) is 15.3. The topological polar surface area (TPSA) is 87.7 Å². The Morgan fingerprint density at radius 2 is 1.50 bits per heavy atom. The molecule has 6 heteroatoms. The van der Waals surface area contributed by atoms with Crippen molar-refractivity contribution in [3.63, 3.8) is 0 Å². The number of hydrogen-bond acceptors (Lipinski definition) is 4. The van der Waals surface area contributed by atoms with Crippen LogP contribution in [0.3, 0.4) is 0 Å². The van der Waals surface area contributed by atoms with Crippen LogP contribution in [0.25, 0.3) is 0 Å². The maximum absolute atomic E-state index is 11.6. The third-order valence-electron chi connectivity index (χ3n) is 6.65. The van der Waals surface area contributed by atoms with Crippen LogP contribution in [0.15, 0.2) is 30.3 Å². The lowest BCUT2D eigenvalue weighted by Gasteiger charge is -2.30. The number of carboxylic acids is 1. The van der Waals surface area contributed by atoms with Gasteiger partial charge in [-0.2, -0.15) is 0 Å². The molecule has 0 heterocycles. The Labute approximate surface area is 193 Å². The lowest BCUT2D eigenvalue weighted by atomic mass is 9.91. The average Bonchev–Trinajstić information content (AvgIpc) is 2.83. The lowest BCUT2D eigenvalue weighted by Crippen LogP contribution is -2.45. The second kappa shape index (κ2) is 14.9. The molecule has 1 aromatic carbocycles. The summed E-state index contributed by atoms with van der Waals surface area (Å²) in [6, 6.07) is 10.0. The predicted molar refractivity (Wildman–Crippen MR) is 128 cm³/mol. The van der Waals surface area contributed by atoms with Crippen molar-refractivity contribution >= 4 is 12.1 Å². The molecule has 0 saturated heterocycles. The van der Waals surface area contributed by atoms with E-state index in [0.29, 0.717) is 6.42 Å². The summed E-state index contributed by atoms with van der Waals surface area (Å²) in [7, 11) is 0. The van der Waals surface area contributed by atoms with Crippen LogP contribution in [0.1, 0.15) is 90.0 Å². The number of ether oxygens (including phenoxy) is 1. The molecule has 0 radical (unpaired) electrons. The predicted octanol–water partition coefficient (Wildman–Crippen LogP) is 5.65. The highest BCUT2D eigenvalue weighted by Gasteiger charge is 2.25. The van der Waals surface area contributed by atoms with Gasteiger partial charge in [0.05, 0.1) is 0 Å². The van der Waals surface area contributed by atoms with Crippen molar-refractivity contribution in [1.82, 2.24) is 10.6 Å². The normalized spacial score (nSPS) is 19.2. The third kappa shape index (κ3) is 10.0. The number of aliphatic carboxylic acids is 1. The van der Waals surface area contributed by atoms with Crippen molar-refractivity contribution in [3.8, 4) is 0 Å². The van der Waals surface area contributed by atoms with Crippen molar-refractivity contribution in [2.24, 2.45) is 5.92 Å². The van der Waals surface area contributed by atoms with E-state index < -0.39 is 18.1 Å². The Morgan fingerprint density at radius 1 is 0.969 bits per heavy atom. The van der Waals surface area contributed by atoms with Gasteiger partial charge in [-0.05, 0) is 37.2 Å². The molecule has 2 atom stereocenters. The molecule has 1 amide bonds. The van der Waals surface area contributed by atoms with Crippen LogP contribution in [0.2, 0.25) is 0 Å². The number of amides is 1. The van der Waals surface area contributed by atoms with E-state index in [2.05, 4.69) is 10.6 Å². The molecule has 2 aliphatic rings. The van der Waals surface area contributed by atoms with Crippen LogP contribution in [-0.4, -0.2) is 35.3 Å². The van der Waals surface area contributed by atoms with Crippen LogP contribution in [0, 0.1) is 5.92 Å². The summed E-state index contributed by atoms with van der Waals surface area (Å²) in [6.45, 7) is 3.77.